The van der Waals surface area contributed by atoms with Crippen molar-refractivity contribution < 1.29 is 4.79 Å². The molecule has 1 fully saturated rings. The van der Waals surface area contributed by atoms with Crippen molar-refractivity contribution in [3.63, 3.8) is 0 Å². The lowest BCUT2D eigenvalue weighted by atomic mass is 9.82. The summed E-state index contributed by atoms with van der Waals surface area (Å²) in [6.07, 6.45) is 3.85. The Bertz CT molecular complexity index is 213. The van der Waals surface area contributed by atoms with Gasteiger partial charge in [0.2, 0.25) is 5.91 Å². The van der Waals surface area contributed by atoms with Crippen LogP contribution >= 0.6 is 15.9 Å². The Hall–Kier alpha value is -0.0500. The highest BCUT2D eigenvalue weighted by atomic mass is 79.9. The van der Waals surface area contributed by atoms with Crippen LogP contribution in [-0.2, 0) is 4.79 Å². The molecule has 0 bridgehead atoms. The molecule has 0 radical (unpaired) electrons. The van der Waals surface area contributed by atoms with Crippen LogP contribution in [0.5, 0.6) is 0 Å². The van der Waals surface area contributed by atoms with Crippen LogP contribution in [0.15, 0.2) is 0 Å². The van der Waals surface area contributed by atoms with Gasteiger partial charge in [-0.15, -0.1) is 0 Å². The van der Waals surface area contributed by atoms with Crippen molar-refractivity contribution in [1.29, 1.82) is 0 Å². The summed E-state index contributed by atoms with van der Waals surface area (Å²) >= 11 is 3.27. The Balaban J connectivity index is 2.35. The second-order valence-electron chi connectivity index (χ2n) is 4.94. The van der Waals surface area contributed by atoms with Gasteiger partial charge in [-0.3, -0.25) is 4.79 Å². The Labute approximate surface area is 95.0 Å². The summed E-state index contributed by atoms with van der Waals surface area (Å²) in [5.74, 6) is 0.755. The molecule has 2 unspecified atom stereocenters. The van der Waals surface area contributed by atoms with Gasteiger partial charge in [0, 0.05) is 6.54 Å². The molecular formula is C11H20BrNO. The minimum atomic E-state index is -0.0768. The molecule has 1 rings (SSSR count). The van der Waals surface area contributed by atoms with Gasteiger partial charge < -0.3 is 5.32 Å². The highest BCUT2D eigenvalue weighted by Gasteiger charge is 2.34. The van der Waals surface area contributed by atoms with Crippen molar-refractivity contribution in [2.24, 2.45) is 11.3 Å². The van der Waals surface area contributed by atoms with Gasteiger partial charge >= 0.3 is 0 Å². The number of hydrogen-bond donors (Lipinski definition) is 1. The zero-order valence-electron chi connectivity index (χ0n) is 9.27. The van der Waals surface area contributed by atoms with Crippen LogP contribution in [-0.4, -0.2) is 17.3 Å². The van der Waals surface area contributed by atoms with E-state index in [2.05, 4.69) is 35.1 Å². The fraction of sp³-hybridized carbons (Fsp3) is 0.909. The van der Waals surface area contributed by atoms with Crippen molar-refractivity contribution in [1.82, 2.24) is 5.32 Å². The maximum atomic E-state index is 11.4. The molecule has 0 saturated heterocycles. The van der Waals surface area contributed by atoms with Gasteiger partial charge in [-0.05, 0) is 31.1 Å². The Morgan fingerprint density at radius 1 is 1.64 bits per heavy atom. The highest BCUT2D eigenvalue weighted by Crippen LogP contribution is 2.41. The molecule has 0 aromatic rings. The average Bonchev–Trinajstić information content (AvgIpc) is 2.40. The number of halogens is 1. The van der Waals surface area contributed by atoms with Crippen molar-refractivity contribution >= 4 is 21.8 Å². The molecule has 1 aliphatic carbocycles. The van der Waals surface area contributed by atoms with E-state index in [1.165, 1.54) is 19.3 Å². The Morgan fingerprint density at radius 3 is 2.71 bits per heavy atom. The van der Waals surface area contributed by atoms with Crippen LogP contribution in [0.2, 0.25) is 0 Å². The molecule has 0 spiro atoms. The normalized spacial score (nSPS) is 27.3. The monoisotopic (exact) mass is 261 g/mol. The molecule has 0 aromatic carbocycles. The number of carbonyl (C=O) groups excluding carboxylic acids is 1. The van der Waals surface area contributed by atoms with Gasteiger partial charge in [0.1, 0.15) is 0 Å². The quantitative estimate of drug-likeness (QED) is 0.778. The number of amides is 1. The standard InChI is InChI=1S/C11H20BrNO/c1-8(12)10(14)13-7-9-5-4-6-11(9,2)3/h8-9H,4-7H2,1-3H3,(H,13,14). The molecular weight excluding hydrogens is 242 g/mol. The van der Waals surface area contributed by atoms with Crippen LogP contribution in [0, 0.1) is 11.3 Å². The summed E-state index contributed by atoms with van der Waals surface area (Å²) in [5, 5.41) is 2.99. The average molecular weight is 262 g/mol. The third-order valence-electron chi connectivity index (χ3n) is 3.36. The lowest BCUT2D eigenvalue weighted by Gasteiger charge is -2.27. The zero-order valence-corrected chi connectivity index (χ0v) is 10.9. The van der Waals surface area contributed by atoms with Crippen molar-refractivity contribution in [2.75, 3.05) is 6.54 Å². The van der Waals surface area contributed by atoms with Crippen LogP contribution in [0.1, 0.15) is 40.0 Å². The molecule has 0 aromatic heterocycles. The Morgan fingerprint density at radius 2 is 2.29 bits per heavy atom. The fourth-order valence-electron chi connectivity index (χ4n) is 2.14. The van der Waals surface area contributed by atoms with E-state index < -0.39 is 0 Å². The van der Waals surface area contributed by atoms with E-state index in [0.717, 1.165) is 6.54 Å². The van der Waals surface area contributed by atoms with Crippen molar-refractivity contribution in [2.45, 2.75) is 44.9 Å². The van der Waals surface area contributed by atoms with E-state index in [0.29, 0.717) is 11.3 Å². The van der Waals surface area contributed by atoms with Gasteiger partial charge in [0.25, 0.3) is 0 Å². The molecule has 1 N–H and O–H groups in total. The van der Waals surface area contributed by atoms with Crippen LogP contribution < -0.4 is 5.32 Å². The van der Waals surface area contributed by atoms with Gasteiger partial charge in [0.05, 0.1) is 4.83 Å². The summed E-state index contributed by atoms with van der Waals surface area (Å²) in [6.45, 7) is 7.29. The topological polar surface area (TPSA) is 29.1 Å². The van der Waals surface area contributed by atoms with Crippen LogP contribution in [0.4, 0.5) is 0 Å². The van der Waals surface area contributed by atoms with Gasteiger partial charge in [0.15, 0.2) is 0 Å². The number of hydrogen-bond acceptors (Lipinski definition) is 1. The first kappa shape index (κ1) is 12.0. The van der Waals surface area contributed by atoms with E-state index in [1.54, 1.807) is 0 Å². The van der Waals surface area contributed by atoms with Gasteiger partial charge in [-0.25, -0.2) is 0 Å². The third-order valence-corrected chi connectivity index (χ3v) is 3.78. The molecule has 1 amide bonds. The van der Waals surface area contributed by atoms with Crippen LogP contribution in [0.25, 0.3) is 0 Å². The lowest BCUT2D eigenvalue weighted by molar-refractivity contribution is -0.120. The van der Waals surface area contributed by atoms with Gasteiger partial charge in [-0.1, -0.05) is 36.2 Å². The highest BCUT2D eigenvalue weighted by molar-refractivity contribution is 9.10. The molecule has 2 atom stereocenters. The first-order valence-electron chi connectivity index (χ1n) is 5.35. The fourth-order valence-corrected chi connectivity index (χ4v) is 2.30. The summed E-state index contributed by atoms with van der Waals surface area (Å²) in [4.78, 5) is 11.3. The SMILES string of the molecule is CC(Br)C(=O)NCC1CCCC1(C)C. The molecule has 0 heterocycles. The maximum absolute atomic E-state index is 11.4. The predicted molar refractivity (Wildman–Crippen MR) is 62.5 cm³/mol. The largest absolute Gasteiger partial charge is 0.355 e. The summed E-state index contributed by atoms with van der Waals surface area (Å²) in [6, 6.07) is 0. The molecule has 3 heteroatoms. The summed E-state index contributed by atoms with van der Waals surface area (Å²) in [7, 11) is 0. The smallest absolute Gasteiger partial charge is 0.233 e. The predicted octanol–water partition coefficient (Wildman–Crippen LogP) is 2.71. The number of nitrogens with one attached hydrogen (secondary N) is 1. The first-order chi connectivity index (χ1) is 6.43. The molecule has 14 heavy (non-hydrogen) atoms. The minimum absolute atomic E-state index is 0.0768. The molecule has 1 aliphatic rings. The summed E-state index contributed by atoms with van der Waals surface area (Å²) < 4.78 is 0. The van der Waals surface area contributed by atoms with E-state index in [4.69, 9.17) is 0 Å². The lowest BCUT2D eigenvalue weighted by Crippen LogP contribution is -2.36. The molecule has 0 aliphatic heterocycles. The van der Waals surface area contributed by atoms with E-state index in [9.17, 15) is 4.79 Å². The van der Waals surface area contributed by atoms with E-state index in [-0.39, 0.29) is 10.7 Å². The van der Waals surface area contributed by atoms with Crippen molar-refractivity contribution in [3.05, 3.63) is 0 Å². The number of rotatable bonds is 3. The molecule has 82 valence electrons. The molecule has 2 nitrogen and oxygen atoms in total. The zero-order chi connectivity index (χ0) is 10.8. The second-order valence-corrected chi connectivity index (χ2v) is 6.31. The second kappa shape index (κ2) is 4.65. The van der Waals surface area contributed by atoms with E-state index in [1.807, 2.05) is 6.92 Å². The summed E-state index contributed by atoms with van der Waals surface area (Å²) in [5.41, 5.74) is 0.406. The maximum Gasteiger partial charge on any atom is 0.233 e. The number of carbonyl (C=O) groups is 1. The van der Waals surface area contributed by atoms with Gasteiger partial charge in [-0.2, -0.15) is 0 Å². The van der Waals surface area contributed by atoms with E-state index >= 15 is 0 Å². The number of alkyl halides is 1. The minimum Gasteiger partial charge on any atom is -0.355 e. The molecule has 1 saturated carbocycles. The van der Waals surface area contributed by atoms with Crippen molar-refractivity contribution in [3.8, 4) is 0 Å². The van der Waals surface area contributed by atoms with Crippen LogP contribution in [0.3, 0.4) is 0 Å². The first-order valence-corrected chi connectivity index (χ1v) is 6.27. The Kier molecular flexibility index (Phi) is 3.99. The third kappa shape index (κ3) is 2.97.